The van der Waals surface area contributed by atoms with Gasteiger partial charge in [0.15, 0.2) is 0 Å². The van der Waals surface area contributed by atoms with Crippen LogP contribution in [0.4, 0.5) is 4.79 Å². The van der Waals surface area contributed by atoms with Crippen molar-refractivity contribution in [3.8, 4) is 0 Å². The van der Waals surface area contributed by atoms with Crippen LogP contribution in [0.15, 0.2) is 18.2 Å². The van der Waals surface area contributed by atoms with Crippen LogP contribution in [-0.2, 0) is 11.3 Å². The maximum Gasteiger partial charge on any atom is 0.326 e. The molecule has 0 aliphatic heterocycles. The van der Waals surface area contributed by atoms with Gasteiger partial charge in [0.1, 0.15) is 6.04 Å². The smallest absolute Gasteiger partial charge is 0.326 e. The number of amides is 2. The summed E-state index contributed by atoms with van der Waals surface area (Å²) in [5, 5.41) is 14.1. The normalized spacial score (nSPS) is 11.8. The number of carbonyl (C=O) groups is 2. The zero-order chi connectivity index (χ0) is 15.1. The average molecular weight is 278 g/mol. The summed E-state index contributed by atoms with van der Waals surface area (Å²) in [4.78, 5) is 22.6. The molecule has 5 nitrogen and oxygen atoms in total. The van der Waals surface area contributed by atoms with Gasteiger partial charge in [0.2, 0.25) is 0 Å². The molecule has 3 N–H and O–H groups in total. The molecule has 0 aliphatic carbocycles. The molecule has 0 bridgehead atoms. The summed E-state index contributed by atoms with van der Waals surface area (Å²) in [6.45, 7) is 6.26. The number of carboxylic acids is 1. The third kappa shape index (κ3) is 5.30. The van der Waals surface area contributed by atoms with E-state index < -0.39 is 18.0 Å². The van der Waals surface area contributed by atoms with Gasteiger partial charge in [-0.05, 0) is 25.8 Å². The molecule has 110 valence electrons. The zero-order valence-electron chi connectivity index (χ0n) is 12.2. The Morgan fingerprint density at radius 2 is 1.80 bits per heavy atom. The fourth-order valence-corrected chi connectivity index (χ4v) is 2.11. The Hall–Kier alpha value is -2.04. The summed E-state index contributed by atoms with van der Waals surface area (Å²) < 4.78 is 0. The second-order valence-electron chi connectivity index (χ2n) is 5.00. The van der Waals surface area contributed by atoms with Crippen LogP contribution in [0.5, 0.6) is 0 Å². The molecule has 0 fully saturated rings. The predicted molar refractivity (Wildman–Crippen MR) is 77.6 cm³/mol. The van der Waals surface area contributed by atoms with Gasteiger partial charge in [0.25, 0.3) is 0 Å². The Morgan fingerprint density at radius 3 is 2.30 bits per heavy atom. The molecule has 0 saturated carbocycles. The maximum absolute atomic E-state index is 11.7. The molecule has 1 aromatic carbocycles. The van der Waals surface area contributed by atoms with Crippen LogP contribution in [0.1, 0.15) is 36.5 Å². The molecule has 0 heterocycles. The van der Waals surface area contributed by atoms with Gasteiger partial charge < -0.3 is 15.7 Å². The Kier molecular flexibility index (Phi) is 6.03. The van der Waals surface area contributed by atoms with Crippen molar-refractivity contribution in [3.63, 3.8) is 0 Å². The summed E-state index contributed by atoms with van der Waals surface area (Å²) >= 11 is 0. The third-order valence-electron chi connectivity index (χ3n) is 2.92. The minimum atomic E-state index is -1.01. The lowest BCUT2D eigenvalue weighted by Gasteiger charge is -2.14. The molecule has 5 heteroatoms. The van der Waals surface area contributed by atoms with Gasteiger partial charge in [-0.1, -0.05) is 42.7 Å². The van der Waals surface area contributed by atoms with Gasteiger partial charge in [-0.3, -0.25) is 0 Å². The third-order valence-corrected chi connectivity index (χ3v) is 2.92. The van der Waals surface area contributed by atoms with E-state index in [2.05, 4.69) is 16.7 Å². The molecular formula is C15H22N2O3. The number of aryl methyl sites for hydroxylation is 2. The lowest BCUT2D eigenvalue weighted by molar-refractivity contribution is -0.139. The second kappa shape index (κ2) is 7.53. The number of hydrogen-bond acceptors (Lipinski definition) is 2. The van der Waals surface area contributed by atoms with E-state index in [4.69, 9.17) is 5.11 Å². The molecule has 0 saturated heterocycles. The summed E-state index contributed by atoms with van der Waals surface area (Å²) in [5.41, 5.74) is 3.27. The Labute approximate surface area is 119 Å². The Balaban J connectivity index is 2.52. The van der Waals surface area contributed by atoms with E-state index in [-0.39, 0.29) is 0 Å². The van der Waals surface area contributed by atoms with Crippen LogP contribution in [0.2, 0.25) is 0 Å². The molecule has 1 rings (SSSR count). The van der Waals surface area contributed by atoms with E-state index in [0.29, 0.717) is 19.4 Å². The van der Waals surface area contributed by atoms with Crippen molar-refractivity contribution >= 4 is 12.0 Å². The van der Waals surface area contributed by atoms with Gasteiger partial charge in [-0.15, -0.1) is 0 Å². The number of hydrogen-bond donors (Lipinski definition) is 3. The van der Waals surface area contributed by atoms with Gasteiger partial charge in [-0.25, -0.2) is 9.59 Å². The number of aliphatic carboxylic acids is 1. The lowest BCUT2D eigenvalue weighted by Crippen LogP contribution is -2.45. The molecule has 2 amide bonds. The van der Waals surface area contributed by atoms with E-state index in [1.165, 1.54) is 0 Å². The predicted octanol–water partition coefficient (Wildman–Crippen LogP) is 2.36. The molecule has 1 aromatic rings. The first-order chi connectivity index (χ1) is 9.42. The van der Waals surface area contributed by atoms with Crippen molar-refractivity contribution < 1.29 is 14.7 Å². The van der Waals surface area contributed by atoms with Crippen molar-refractivity contribution in [1.82, 2.24) is 10.6 Å². The van der Waals surface area contributed by atoms with Crippen LogP contribution in [0, 0.1) is 13.8 Å². The lowest BCUT2D eigenvalue weighted by atomic mass is 10.1. The van der Waals surface area contributed by atoms with E-state index >= 15 is 0 Å². The molecule has 0 aliphatic rings. The van der Waals surface area contributed by atoms with E-state index in [9.17, 15) is 9.59 Å². The Bertz CT molecular complexity index is 466. The van der Waals surface area contributed by atoms with E-state index in [0.717, 1.165) is 16.7 Å². The van der Waals surface area contributed by atoms with Crippen LogP contribution < -0.4 is 10.6 Å². The monoisotopic (exact) mass is 278 g/mol. The van der Waals surface area contributed by atoms with Crippen molar-refractivity contribution in [2.24, 2.45) is 0 Å². The first-order valence-corrected chi connectivity index (χ1v) is 6.76. The standard InChI is InChI=1S/C15H22N2O3/c1-4-5-13(14(18)19)17-15(20)16-9-12-7-10(2)6-11(3)8-12/h6-8,13H,4-5,9H2,1-3H3,(H,18,19)(H2,16,17,20). The quantitative estimate of drug-likeness (QED) is 0.747. The highest BCUT2D eigenvalue weighted by Gasteiger charge is 2.18. The topological polar surface area (TPSA) is 78.4 Å². The highest BCUT2D eigenvalue weighted by atomic mass is 16.4. The summed E-state index contributed by atoms with van der Waals surface area (Å²) in [6.07, 6.45) is 1.13. The average Bonchev–Trinajstić information content (AvgIpc) is 2.34. The van der Waals surface area contributed by atoms with Crippen LogP contribution in [0.25, 0.3) is 0 Å². The summed E-state index contributed by atoms with van der Waals surface area (Å²) in [6, 6.07) is 4.76. The van der Waals surface area contributed by atoms with Crippen molar-refractivity contribution in [1.29, 1.82) is 0 Å². The number of rotatable bonds is 6. The van der Waals surface area contributed by atoms with Crippen molar-refractivity contribution in [2.75, 3.05) is 0 Å². The first-order valence-electron chi connectivity index (χ1n) is 6.76. The number of urea groups is 1. The summed E-state index contributed by atoms with van der Waals surface area (Å²) in [7, 11) is 0. The van der Waals surface area contributed by atoms with Crippen LogP contribution in [0.3, 0.4) is 0 Å². The highest BCUT2D eigenvalue weighted by molar-refractivity contribution is 5.82. The number of carbonyl (C=O) groups excluding carboxylic acids is 1. The van der Waals surface area contributed by atoms with E-state index in [1.54, 1.807) is 0 Å². The molecule has 20 heavy (non-hydrogen) atoms. The molecule has 0 spiro atoms. The molecule has 1 atom stereocenters. The SMILES string of the molecule is CCCC(NC(=O)NCc1cc(C)cc(C)c1)C(=O)O. The van der Waals surface area contributed by atoms with Gasteiger partial charge >= 0.3 is 12.0 Å². The van der Waals surface area contributed by atoms with Crippen molar-refractivity contribution in [2.45, 2.75) is 46.2 Å². The molecule has 0 radical (unpaired) electrons. The van der Waals surface area contributed by atoms with Gasteiger partial charge in [0, 0.05) is 6.54 Å². The summed E-state index contributed by atoms with van der Waals surface area (Å²) in [5.74, 6) is -1.01. The number of benzene rings is 1. The molecule has 0 aromatic heterocycles. The van der Waals surface area contributed by atoms with E-state index in [1.807, 2.05) is 32.9 Å². The first kappa shape index (κ1) is 16.0. The maximum atomic E-state index is 11.7. The minimum Gasteiger partial charge on any atom is -0.480 e. The fourth-order valence-electron chi connectivity index (χ4n) is 2.11. The van der Waals surface area contributed by atoms with Gasteiger partial charge in [-0.2, -0.15) is 0 Å². The number of nitrogens with one attached hydrogen (secondary N) is 2. The largest absolute Gasteiger partial charge is 0.480 e. The molecule has 1 unspecified atom stereocenters. The van der Waals surface area contributed by atoms with Crippen LogP contribution in [-0.4, -0.2) is 23.1 Å². The van der Waals surface area contributed by atoms with Gasteiger partial charge in [0.05, 0.1) is 0 Å². The minimum absolute atomic E-state index is 0.382. The molecular weight excluding hydrogens is 256 g/mol. The van der Waals surface area contributed by atoms with Crippen LogP contribution >= 0.6 is 0 Å². The number of carboxylic acid groups (broad SMARTS) is 1. The zero-order valence-corrected chi connectivity index (χ0v) is 12.2. The highest BCUT2D eigenvalue weighted by Crippen LogP contribution is 2.08. The van der Waals surface area contributed by atoms with Crippen molar-refractivity contribution in [3.05, 3.63) is 34.9 Å². The fraction of sp³-hybridized carbons (Fsp3) is 0.467. The second-order valence-corrected chi connectivity index (χ2v) is 5.00. The Morgan fingerprint density at radius 1 is 1.20 bits per heavy atom.